The normalized spacial score (nSPS) is 20.3. The molecule has 2 amide bonds. The van der Waals surface area contributed by atoms with Crippen LogP contribution in [0.25, 0.3) is 10.1 Å². The predicted octanol–water partition coefficient (Wildman–Crippen LogP) is 4.73. The van der Waals surface area contributed by atoms with E-state index in [2.05, 4.69) is 36.9 Å². The number of nitrogens with zero attached hydrogens (tertiary/aromatic N) is 2. The van der Waals surface area contributed by atoms with E-state index in [-0.39, 0.29) is 17.9 Å². The molecule has 4 rings (SSSR count). The average Bonchev–Trinajstić information content (AvgIpc) is 2.96. The maximum Gasteiger partial charge on any atom is 0.264 e. The molecule has 1 unspecified atom stereocenters. The van der Waals surface area contributed by atoms with Crippen LogP contribution in [-0.2, 0) is 16.0 Å². The molecule has 31 heavy (non-hydrogen) atoms. The van der Waals surface area contributed by atoms with Crippen LogP contribution in [0.1, 0.15) is 61.2 Å². The van der Waals surface area contributed by atoms with E-state index in [1.54, 1.807) is 11.3 Å². The molecule has 2 aromatic rings. The molecule has 0 spiro atoms. The summed E-state index contributed by atoms with van der Waals surface area (Å²) in [5.74, 6) is 0.743. The summed E-state index contributed by atoms with van der Waals surface area (Å²) in [5.41, 5.74) is 1.13. The third-order valence-electron chi connectivity index (χ3n) is 6.41. The second-order valence-electron chi connectivity index (χ2n) is 9.20. The second-order valence-corrected chi connectivity index (χ2v) is 10.3. The lowest BCUT2D eigenvalue weighted by atomic mass is 9.97. The van der Waals surface area contributed by atoms with Crippen LogP contribution in [0.2, 0.25) is 0 Å². The third-order valence-corrected chi connectivity index (χ3v) is 7.61. The molecule has 0 saturated carbocycles. The van der Waals surface area contributed by atoms with Gasteiger partial charge in [0, 0.05) is 36.8 Å². The second kappa shape index (κ2) is 10.1. The Bertz CT molecular complexity index is 917. The number of likely N-dealkylation sites (tertiary alicyclic amines) is 1. The fraction of sp³-hybridized carbons (Fsp3) is 0.600. The maximum absolute atomic E-state index is 13.5. The fourth-order valence-electron chi connectivity index (χ4n) is 4.80. The Labute approximate surface area is 189 Å². The van der Waals surface area contributed by atoms with Crippen molar-refractivity contribution in [1.29, 1.82) is 0 Å². The molecule has 3 heterocycles. The molecule has 2 aliphatic rings. The zero-order valence-electron chi connectivity index (χ0n) is 18.8. The molecule has 2 aliphatic heterocycles. The first kappa shape index (κ1) is 22.3. The van der Waals surface area contributed by atoms with Gasteiger partial charge in [-0.25, -0.2) is 0 Å². The molecule has 0 bridgehead atoms. The molecule has 168 valence electrons. The van der Waals surface area contributed by atoms with Gasteiger partial charge in [-0.15, -0.1) is 11.3 Å². The van der Waals surface area contributed by atoms with Crippen LogP contribution in [0.3, 0.4) is 0 Å². The number of rotatable bonds is 5. The van der Waals surface area contributed by atoms with Crippen LogP contribution in [0.4, 0.5) is 0 Å². The summed E-state index contributed by atoms with van der Waals surface area (Å²) < 4.78 is 6.60. The first-order valence-corrected chi connectivity index (χ1v) is 12.5. The minimum Gasteiger partial charge on any atom is -0.378 e. The van der Waals surface area contributed by atoms with Gasteiger partial charge in [0.25, 0.3) is 5.91 Å². The highest BCUT2D eigenvalue weighted by Gasteiger charge is 2.30. The lowest BCUT2D eigenvalue weighted by molar-refractivity contribution is -0.134. The Balaban J connectivity index is 1.66. The zero-order valence-corrected chi connectivity index (χ0v) is 19.6. The van der Waals surface area contributed by atoms with E-state index in [1.807, 2.05) is 11.0 Å². The van der Waals surface area contributed by atoms with Gasteiger partial charge in [-0.05, 0) is 42.2 Å². The summed E-state index contributed by atoms with van der Waals surface area (Å²) in [4.78, 5) is 31.4. The molecule has 0 radical (unpaired) electrons. The molecule has 0 aliphatic carbocycles. The molecule has 0 N–H and O–H groups in total. The molecular formula is C25H34N2O3S. The Morgan fingerprint density at radius 3 is 2.65 bits per heavy atom. The molecule has 5 nitrogen and oxygen atoms in total. The van der Waals surface area contributed by atoms with E-state index in [1.165, 1.54) is 11.8 Å². The van der Waals surface area contributed by atoms with E-state index in [9.17, 15) is 9.59 Å². The summed E-state index contributed by atoms with van der Waals surface area (Å²) in [5, 5.41) is 1.17. The average molecular weight is 443 g/mol. The number of thiophene rings is 1. The van der Waals surface area contributed by atoms with Crippen LogP contribution in [0.15, 0.2) is 24.3 Å². The van der Waals surface area contributed by atoms with Crippen molar-refractivity contribution in [2.24, 2.45) is 5.92 Å². The summed E-state index contributed by atoms with van der Waals surface area (Å²) in [7, 11) is 0. The Kier molecular flexibility index (Phi) is 7.28. The van der Waals surface area contributed by atoms with Crippen LogP contribution in [0, 0.1) is 5.92 Å². The number of hydrogen-bond acceptors (Lipinski definition) is 4. The Hall–Kier alpha value is -1.92. The minimum absolute atomic E-state index is 0.119. The molecule has 1 atom stereocenters. The van der Waals surface area contributed by atoms with E-state index >= 15 is 0 Å². The lowest BCUT2D eigenvalue weighted by Gasteiger charge is -2.31. The fourth-order valence-corrected chi connectivity index (χ4v) is 6.00. The third kappa shape index (κ3) is 5.12. The van der Waals surface area contributed by atoms with Gasteiger partial charge in [-0.1, -0.05) is 44.9 Å². The molecule has 1 aromatic heterocycles. The molecule has 2 saturated heterocycles. The summed E-state index contributed by atoms with van der Waals surface area (Å²) in [6.07, 6.45) is 5.76. The van der Waals surface area contributed by atoms with Gasteiger partial charge in [0.15, 0.2) is 0 Å². The molecule has 1 aromatic carbocycles. The van der Waals surface area contributed by atoms with Crippen LogP contribution < -0.4 is 0 Å². The van der Waals surface area contributed by atoms with Gasteiger partial charge in [-0.3, -0.25) is 9.59 Å². The van der Waals surface area contributed by atoms with Crippen LogP contribution in [-0.4, -0.2) is 60.5 Å². The van der Waals surface area contributed by atoms with Gasteiger partial charge >= 0.3 is 0 Å². The largest absolute Gasteiger partial charge is 0.378 e. The Morgan fingerprint density at radius 1 is 1.10 bits per heavy atom. The Morgan fingerprint density at radius 2 is 1.87 bits per heavy atom. The number of morpholine rings is 1. The highest BCUT2D eigenvalue weighted by molar-refractivity contribution is 7.21. The predicted molar refractivity (Wildman–Crippen MR) is 126 cm³/mol. The summed E-state index contributed by atoms with van der Waals surface area (Å²) in [6.45, 7) is 7.56. The first-order valence-electron chi connectivity index (χ1n) is 11.7. The van der Waals surface area contributed by atoms with Crippen molar-refractivity contribution >= 4 is 33.2 Å². The molecular weight excluding hydrogens is 408 g/mol. The minimum atomic E-state index is 0.119. The monoisotopic (exact) mass is 442 g/mol. The highest BCUT2D eigenvalue weighted by Crippen LogP contribution is 2.35. The standard InChI is InChI=1S/C25H34N2O3S/c1-18(2)16-23(28)27-11-7-3-4-8-19(27)17-21-20-9-5-6-10-22(20)31-24(21)25(29)26-12-14-30-15-13-26/h5-6,9-10,18-19H,3-4,7-8,11-17H2,1-2H3. The van der Waals surface area contributed by atoms with Crippen molar-refractivity contribution < 1.29 is 14.3 Å². The smallest absolute Gasteiger partial charge is 0.264 e. The number of hydrogen-bond donors (Lipinski definition) is 0. The lowest BCUT2D eigenvalue weighted by Crippen LogP contribution is -2.42. The van der Waals surface area contributed by atoms with E-state index < -0.39 is 0 Å². The van der Waals surface area contributed by atoms with Crippen LogP contribution >= 0.6 is 11.3 Å². The van der Waals surface area contributed by atoms with Crippen molar-refractivity contribution in [2.45, 2.75) is 58.4 Å². The molecule has 6 heteroatoms. The summed E-state index contributed by atoms with van der Waals surface area (Å²) in [6, 6.07) is 8.50. The van der Waals surface area contributed by atoms with Gasteiger partial charge in [-0.2, -0.15) is 0 Å². The van der Waals surface area contributed by atoms with E-state index in [4.69, 9.17) is 4.74 Å². The van der Waals surface area contributed by atoms with Gasteiger partial charge in [0.1, 0.15) is 0 Å². The first-order chi connectivity index (χ1) is 15.0. The van der Waals surface area contributed by atoms with Gasteiger partial charge in [0.2, 0.25) is 5.91 Å². The summed E-state index contributed by atoms with van der Waals surface area (Å²) >= 11 is 1.60. The van der Waals surface area contributed by atoms with Gasteiger partial charge in [0.05, 0.1) is 18.1 Å². The van der Waals surface area contributed by atoms with Gasteiger partial charge < -0.3 is 14.5 Å². The van der Waals surface area contributed by atoms with E-state index in [0.29, 0.717) is 38.6 Å². The maximum atomic E-state index is 13.5. The van der Waals surface area contributed by atoms with Crippen molar-refractivity contribution in [1.82, 2.24) is 9.80 Å². The van der Waals surface area contributed by atoms with Crippen molar-refractivity contribution in [2.75, 3.05) is 32.8 Å². The number of carbonyl (C=O) groups excluding carboxylic acids is 2. The SMILES string of the molecule is CC(C)CC(=O)N1CCCCCC1Cc1c(C(=O)N2CCOCC2)sc2ccccc12. The number of carbonyl (C=O) groups is 2. The van der Waals surface area contributed by atoms with Crippen LogP contribution in [0.5, 0.6) is 0 Å². The van der Waals surface area contributed by atoms with Crippen molar-refractivity contribution in [3.05, 3.63) is 34.7 Å². The number of benzene rings is 1. The highest BCUT2D eigenvalue weighted by atomic mass is 32.1. The molecule has 2 fully saturated rings. The van der Waals surface area contributed by atoms with Crippen molar-refractivity contribution in [3.8, 4) is 0 Å². The van der Waals surface area contributed by atoms with E-state index in [0.717, 1.165) is 47.4 Å². The quantitative estimate of drug-likeness (QED) is 0.672. The topological polar surface area (TPSA) is 49.9 Å². The number of fused-ring (bicyclic) bond motifs is 1. The van der Waals surface area contributed by atoms with Crippen molar-refractivity contribution in [3.63, 3.8) is 0 Å². The number of ether oxygens (including phenoxy) is 1. The zero-order chi connectivity index (χ0) is 21.8. The number of amides is 2.